The second-order valence-corrected chi connectivity index (χ2v) is 5.53. The molecule has 0 unspecified atom stereocenters. The van der Waals surface area contributed by atoms with Gasteiger partial charge in [-0.05, 0) is 18.1 Å². The van der Waals surface area contributed by atoms with Crippen molar-refractivity contribution >= 4 is 5.65 Å². The Morgan fingerprint density at radius 2 is 1.95 bits per heavy atom. The number of nitrogens with zero attached hydrogens (tertiary/aromatic N) is 5. The molecule has 0 aliphatic rings. The molecule has 0 aromatic carbocycles. The summed E-state index contributed by atoms with van der Waals surface area (Å²) in [6.45, 7) is 6.79. The van der Waals surface area contributed by atoms with Crippen LogP contribution >= 0.6 is 0 Å². The number of nitrogens with one attached hydrogen (secondary N) is 1. The Balaban J connectivity index is 1.80. The number of fused-ring (bicyclic) bond motifs is 1. The predicted octanol–water partition coefficient (Wildman–Crippen LogP) is 2.16. The molecule has 0 saturated carbocycles. The van der Waals surface area contributed by atoms with Crippen molar-refractivity contribution in [2.75, 3.05) is 0 Å². The second-order valence-electron chi connectivity index (χ2n) is 5.53. The van der Waals surface area contributed by atoms with Crippen LogP contribution < -0.4 is 5.32 Å². The van der Waals surface area contributed by atoms with E-state index in [0.29, 0.717) is 24.2 Å². The van der Waals surface area contributed by atoms with Gasteiger partial charge in [-0.1, -0.05) is 26.8 Å². The van der Waals surface area contributed by atoms with Gasteiger partial charge in [0.25, 0.3) is 0 Å². The molecule has 0 aliphatic carbocycles. The molecule has 0 bridgehead atoms. The van der Waals surface area contributed by atoms with Gasteiger partial charge in [0.15, 0.2) is 11.5 Å². The van der Waals surface area contributed by atoms with Crippen molar-refractivity contribution in [2.24, 2.45) is 5.92 Å². The van der Waals surface area contributed by atoms with E-state index in [-0.39, 0.29) is 6.04 Å². The predicted molar refractivity (Wildman–Crippen MR) is 81.1 cm³/mol. The minimum atomic E-state index is 0.0503. The zero-order valence-corrected chi connectivity index (χ0v) is 13.0. The summed E-state index contributed by atoms with van der Waals surface area (Å²) in [5.74, 6) is 2.49. The van der Waals surface area contributed by atoms with Gasteiger partial charge in [0, 0.05) is 12.6 Å². The summed E-state index contributed by atoms with van der Waals surface area (Å²) in [5.41, 5.74) is 0.844. The van der Waals surface area contributed by atoms with Gasteiger partial charge >= 0.3 is 0 Å². The molecule has 116 valence electrons. The molecule has 3 aromatic heterocycles. The summed E-state index contributed by atoms with van der Waals surface area (Å²) in [7, 11) is 0. The van der Waals surface area contributed by atoms with E-state index in [9.17, 15) is 0 Å². The fraction of sp³-hybridized carbons (Fsp3) is 0.467. The molecule has 1 N–H and O–H groups in total. The first-order valence-electron chi connectivity index (χ1n) is 7.53. The molecule has 0 fully saturated rings. The minimum absolute atomic E-state index is 0.0503. The van der Waals surface area contributed by atoms with Crippen molar-refractivity contribution in [3.63, 3.8) is 0 Å². The van der Waals surface area contributed by atoms with E-state index >= 15 is 0 Å². The molecule has 0 aliphatic heterocycles. The molecule has 0 radical (unpaired) electrons. The van der Waals surface area contributed by atoms with Crippen LogP contribution in [0.4, 0.5) is 0 Å². The largest absolute Gasteiger partial charge is 0.424 e. The van der Waals surface area contributed by atoms with Gasteiger partial charge in [0.05, 0.1) is 12.6 Å². The Bertz CT molecular complexity index is 747. The van der Waals surface area contributed by atoms with Crippen molar-refractivity contribution in [2.45, 2.75) is 39.8 Å². The lowest BCUT2D eigenvalue weighted by Gasteiger charge is -2.19. The van der Waals surface area contributed by atoms with Crippen LogP contribution in [0.1, 0.15) is 44.4 Å². The lowest BCUT2D eigenvalue weighted by atomic mass is 10.0. The minimum Gasteiger partial charge on any atom is -0.424 e. The standard InChI is InChI=1S/C15H20N6O/c1-4-12-18-19-13(22-12)9-16-14(10(2)3)15-20-17-11-7-5-6-8-21(11)15/h5-8,10,14,16H,4,9H2,1-3H3/t14-/m0/s1. The van der Waals surface area contributed by atoms with E-state index in [1.54, 1.807) is 0 Å². The molecule has 0 saturated heterocycles. The molecular weight excluding hydrogens is 280 g/mol. The molecule has 0 spiro atoms. The van der Waals surface area contributed by atoms with Gasteiger partial charge in [-0.25, -0.2) is 0 Å². The van der Waals surface area contributed by atoms with E-state index in [2.05, 4.69) is 39.6 Å². The van der Waals surface area contributed by atoms with Gasteiger partial charge in [-0.3, -0.25) is 9.72 Å². The number of hydrogen-bond donors (Lipinski definition) is 1. The highest BCUT2D eigenvalue weighted by atomic mass is 16.4. The van der Waals surface area contributed by atoms with Crippen molar-refractivity contribution in [1.29, 1.82) is 0 Å². The first-order chi connectivity index (χ1) is 10.7. The van der Waals surface area contributed by atoms with Crippen LogP contribution in [0.5, 0.6) is 0 Å². The van der Waals surface area contributed by atoms with Crippen molar-refractivity contribution in [1.82, 2.24) is 30.1 Å². The second kappa shape index (κ2) is 6.23. The molecule has 7 nitrogen and oxygen atoms in total. The van der Waals surface area contributed by atoms with Crippen LogP contribution in [0.25, 0.3) is 5.65 Å². The van der Waals surface area contributed by atoms with Crippen molar-refractivity contribution in [3.05, 3.63) is 42.0 Å². The monoisotopic (exact) mass is 300 g/mol. The maximum Gasteiger partial charge on any atom is 0.230 e. The first-order valence-corrected chi connectivity index (χ1v) is 7.53. The normalized spacial score (nSPS) is 13.1. The van der Waals surface area contributed by atoms with Gasteiger partial charge in [-0.15, -0.1) is 20.4 Å². The van der Waals surface area contributed by atoms with Gasteiger partial charge < -0.3 is 4.42 Å². The molecule has 7 heteroatoms. The fourth-order valence-electron chi connectivity index (χ4n) is 2.40. The van der Waals surface area contributed by atoms with Crippen LogP contribution in [0.2, 0.25) is 0 Å². The summed E-state index contributed by atoms with van der Waals surface area (Å²) < 4.78 is 7.54. The van der Waals surface area contributed by atoms with E-state index in [4.69, 9.17) is 4.42 Å². The fourth-order valence-corrected chi connectivity index (χ4v) is 2.40. The van der Waals surface area contributed by atoms with Crippen molar-refractivity contribution < 1.29 is 4.42 Å². The molecule has 3 aromatic rings. The molecule has 3 heterocycles. The van der Waals surface area contributed by atoms with Crippen LogP contribution in [-0.2, 0) is 13.0 Å². The average Bonchev–Trinajstić information content (AvgIpc) is 3.14. The Labute approximate surface area is 128 Å². The summed E-state index contributed by atoms with van der Waals surface area (Å²) in [4.78, 5) is 0. The van der Waals surface area contributed by atoms with Crippen LogP contribution in [-0.4, -0.2) is 24.8 Å². The topological polar surface area (TPSA) is 81.1 Å². The molecule has 3 rings (SSSR count). The van der Waals surface area contributed by atoms with Crippen LogP contribution in [0, 0.1) is 5.92 Å². The Morgan fingerprint density at radius 3 is 2.68 bits per heavy atom. The Morgan fingerprint density at radius 1 is 1.14 bits per heavy atom. The first kappa shape index (κ1) is 14.6. The Kier molecular flexibility index (Phi) is 4.15. The highest BCUT2D eigenvalue weighted by Gasteiger charge is 2.21. The van der Waals surface area contributed by atoms with E-state index in [1.807, 2.05) is 35.7 Å². The average molecular weight is 300 g/mol. The zero-order valence-electron chi connectivity index (χ0n) is 13.0. The number of aromatic nitrogens is 5. The number of aryl methyl sites for hydroxylation is 1. The quantitative estimate of drug-likeness (QED) is 0.751. The third-order valence-electron chi connectivity index (χ3n) is 3.57. The van der Waals surface area contributed by atoms with E-state index in [1.165, 1.54) is 0 Å². The molecular formula is C15H20N6O. The van der Waals surface area contributed by atoms with Gasteiger partial charge in [0.2, 0.25) is 11.8 Å². The van der Waals surface area contributed by atoms with E-state index in [0.717, 1.165) is 17.9 Å². The lowest BCUT2D eigenvalue weighted by molar-refractivity contribution is 0.357. The smallest absolute Gasteiger partial charge is 0.230 e. The zero-order chi connectivity index (χ0) is 15.5. The van der Waals surface area contributed by atoms with Gasteiger partial charge in [0.1, 0.15) is 0 Å². The number of rotatable bonds is 6. The van der Waals surface area contributed by atoms with Crippen molar-refractivity contribution in [3.8, 4) is 0 Å². The highest BCUT2D eigenvalue weighted by Crippen LogP contribution is 2.21. The highest BCUT2D eigenvalue weighted by molar-refractivity contribution is 5.37. The summed E-state index contributed by atoms with van der Waals surface area (Å²) in [6, 6.07) is 5.92. The Hall–Kier alpha value is -2.28. The van der Waals surface area contributed by atoms with Gasteiger partial charge in [-0.2, -0.15) is 0 Å². The lowest BCUT2D eigenvalue weighted by Crippen LogP contribution is -2.27. The maximum atomic E-state index is 5.54. The maximum absolute atomic E-state index is 5.54. The summed E-state index contributed by atoms with van der Waals surface area (Å²) in [5, 5.41) is 20.0. The number of pyridine rings is 1. The summed E-state index contributed by atoms with van der Waals surface area (Å²) >= 11 is 0. The SMILES string of the molecule is CCc1nnc(CN[C@H](c2nnc3ccccn23)C(C)C)o1. The molecule has 1 atom stereocenters. The van der Waals surface area contributed by atoms with Crippen LogP contribution in [0.15, 0.2) is 28.8 Å². The third-order valence-corrected chi connectivity index (χ3v) is 3.57. The molecule has 22 heavy (non-hydrogen) atoms. The summed E-state index contributed by atoms with van der Waals surface area (Å²) in [6.07, 6.45) is 2.72. The van der Waals surface area contributed by atoms with Crippen LogP contribution in [0.3, 0.4) is 0 Å². The third kappa shape index (κ3) is 2.85. The molecule has 0 amide bonds. The number of hydrogen-bond acceptors (Lipinski definition) is 6. The van der Waals surface area contributed by atoms with E-state index < -0.39 is 0 Å².